The van der Waals surface area contributed by atoms with Crippen molar-refractivity contribution in [1.82, 2.24) is 4.48 Å². The maximum Gasteiger partial charge on any atom is 0.311 e. The predicted octanol–water partition coefficient (Wildman–Crippen LogP) is 2.89. The summed E-state index contributed by atoms with van der Waals surface area (Å²) in [5.74, 6) is 0. The first-order chi connectivity index (χ1) is 7.34. The van der Waals surface area contributed by atoms with Crippen molar-refractivity contribution in [2.75, 3.05) is 7.05 Å². The van der Waals surface area contributed by atoms with Crippen LogP contribution in [0.25, 0.3) is 0 Å². The van der Waals surface area contributed by atoms with Crippen molar-refractivity contribution >= 4 is 12.1 Å². The number of benzene rings is 1. The number of hydrogen-bond acceptors (Lipinski definition) is 1. The lowest BCUT2D eigenvalue weighted by Crippen LogP contribution is -2.42. The van der Waals surface area contributed by atoms with E-state index in [0.29, 0.717) is 0 Å². The maximum absolute atomic E-state index is 11.4. The minimum atomic E-state index is -0.142. The summed E-state index contributed by atoms with van der Waals surface area (Å²) in [6.07, 6.45) is 0.964. The van der Waals surface area contributed by atoms with Crippen LogP contribution in [-0.4, -0.2) is 13.5 Å². The molecule has 1 amide bonds. The zero-order valence-corrected chi connectivity index (χ0v) is 10.4. The second-order valence-electron chi connectivity index (χ2n) is 5.27. The van der Waals surface area contributed by atoms with E-state index in [1.807, 2.05) is 19.2 Å². The molecule has 0 fully saturated rings. The fourth-order valence-corrected chi connectivity index (χ4v) is 2.56. The van der Waals surface area contributed by atoms with Gasteiger partial charge in [0.05, 0.1) is 12.5 Å². The van der Waals surface area contributed by atoms with E-state index in [-0.39, 0.29) is 9.90 Å². The number of likely N-dealkylation sites (N-methyl/N-ethyl adjacent to an activating group) is 1. The predicted molar refractivity (Wildman–Crippen MR) is 67.1 cm³/mol. The fourth-order valence-electron chi connectivity index (χ4n) is 2.56. The van der Waals surface area contributed by atoms with Crippen molar-refractivity contribution in [3.63, 3.8) is 0 Å². The Morgan fingerprint density at radius 2 is 2.00 bits per heavy atom. The van der Waals surface area contributed by atoms with Gasteiger partial charge in [0.25, 0.3) is 0 Å². The van der Waals surface area contributed by atoms with Crippen LogP contribution in [0.4, 0.5) is 5.69 Å². The number of quaternary nitrogens is 1. The molecular weight excluding hydrogens is 198 g/mol. The number of hydrogen-bond donors (Lipinski definition) is 0. The van der Waals surface area contributed by atoms with Crippen LogP contribution in [-0.2, 0) is 10.2 Å². The zero-order chi connectivity index (χ0) is 12.1. The van der Waals surface area contributed by atoms with Gasteiger partial charge in [-0.05, 0) is 33.4 Å². The van der Waals surface area contributed by atoms with Crippen LogP contribution < -0.4 is 4.48 Å². The summed E-state index contributed by atoms with van der Waals surface area (Å²) in [5, 5.41) is 0. The molecular formula is C14H18NO+. The molecule has 0 bridgehead atoms. The van der Waals surface area contributed by atoms with Crippen molar-refractivity contribution in [3.8, 4) is 0 Å². The SMILES string of the molecule is C=C1C(C)(C)c2cc(C)ccc2[N+]1(C)C=O. The summed E-state index contributed by atoms with van der Waals surface area (Å²) in [7, 11) is 1.90. The van der Waals surface area contributed by atoms with Crippen molar-refractivity contribution in [2.24, 2.45) is 0 Å². The van der Waals surface area contributed by atoms with Gasteiger partial charge in [-0.3, -0.25) is 0 Å². The quantitative estimate of drug-likeness (QED) is 0.521. The molecule has 1 atom stereocenters. The highest BCUT2D eigenvalue weighted by molar-refractivity contribution is 5.81. The van der Waals surface area contributed by atoms with E-state index in [1.54, 1.807) is 0 Å². The molecule has 16 heavy (non-hydrogen) atoms. The van der Waals surface area contributed by atoms with Gasteiger partial charge < -0.3 is 0 Å². The van der Waals surface area contributed by atoms with Gasteiger partial charge in [0.1, 0.15) is 11.4 Å². The largest absolute Gasteiger partial charge is 0.311 e. The molecule has 84 valence electrons. The van der Waals surface area contributed by atoms with E-state index in [2.05, 4.69) is 33.4 Å². The van der Waals surface area contributed by atoms with Gasteiger partial charge >= 0.3 is 6.41 Å². The first kappa shape index (κ1) is 11.1. The lowest BCUT2D eigenvalue weighted by Gasteiger charge is -2.25. The monoisotopic (exact) mass is 216 g/mol. The molecule has 0 saturated heterocycles. The molecule has 0 radical (unpaired) electrons. The number of fused-ring (bicyclic) bond motifs is 1. The van der Waals surface area contributed by atoms with Gasteiger partial charge in [0.15, 0.2) is 0 Å². The second kappa shape index (κ2) is 3.05. The van der Waals surface area contributed by atoms with Crippen LogP contribution >= 0.6 is 0 Å². The third-order valence-corrected chi connectivity index (χ3v) is 3.82. The Labute approximate surface area is 96.8 Å². The first-order valence-corrected chi connectivity index (χ1v) is 5.48. The smallest absolute Gasteiger partial charge is 0.233 e. The Morgan fingerprint density at radius 1 is 1.38 bits per heavy atom. The first-order valence-electron chi connectivity index (χ1n) is 5.48. The highest BCUT2D eigenvalue weighted by atomic mass is 16.1. The van der Waals surface area contributed by atoms with E-state index < -0.39 is 0 Å². The number of amides is 1. The van der Waals surface area contributed by atoms with Crippen molar-refractivity contribution in [2.45, 2.75) is 26.2 Å². The molecule has 0 aromatic heterocycles. The number of nitrogens with zero attached hydrogens (tertiary/aromatic N) is 1. The summed E-state index contributed by atoms with van der Waals surface area (Å²) >= 11 is 0. The number of carbonyl (C=O) groups excluding carboxylic acids is 1. The summed E-state index contributed by atoms with van der Waals surface area (Å²) < 4.78 is 0.197. The van der Waals surface area contributed by atoms with Gasteiger partial charge in [-0.15, -0.1) is 0 Å². The van der Waals surface area contributed by atoms with Gasteiger partial charge in [0, 0.05) is 11.6 Å². The van der Waals surface area contributed by atoms with Crippen molar-refractivity contribution in [1.29, 1.82) is 0 Å². The molecule has 1 unspecified atom stereocenters. The Bertz CT molecular complexity index is 488. The topological polar surface area (TPSA) is 17.1 Å². The molecule has 0 spiro atoms. The molecule has 1 aromatic carbocycles. The summed E-state index contributed by atoms with van der Waals surface area (Å²) in [5.41, 5.74) is 4.28. The standard InChI is InChI=1S/C14H18NO/c1-10-6-7-13-12(8-10)14(3,4)11(2)15(13,5)9-16/h6-9H,2H2,1,3-5H3/q+1. The molecule has 2 heteroatoms. The highest BCUT2D eigenvalue weighted by Gasteiger charge is 2.50. The molecule has 0 aliphatic carbocycles. The summed E-state index contributed by atoms with van der Waals surface area (Å²) in [6.45, 7) is 10.4. The lowest BCUT2D eigenvalue weighted by molar-refractivity contribution is -0.115. The highest BCUT2D eigenvalue weighted by Crippen LogP contribution is 2.50. The number of aryl methyl sites for hydroxylation is 1. The molecule has 2 rings (SSSR count). The third kappa shape index (κ3) is 1.14. The number of rotatable bonds is 1. The van der Waals surface area contributed by atoms with Crippen molar-refractivity contribution < 1.29 is 4.79 Å². The zero-order valence-electron chi connectivity index (χ0n) is 10.4. The Kier molecular flexibility index (Phi) is 2.11. The summed E-state index contributed by atoms with van der Waals surface area (Å²) in [4.78, 5) is 11.4. The van der Waals surface area contributed by atoms with Crippen LogP contribution in [0, 0.1) is 6.92 Å². The maximum atomic E-state index is 11.4. The van der Waals surface area contributed by atoms with E-state index in [9.17, 15) is 4.79 Å². The van der Waals surface area contributed by atoms with Gasteiger partial charge in [-0.25, -0.2) is 9.28 Å². The Balaban J connectivity index is 2.80. The Morgan fingerprint density at radius 3 is 2.56 bits per heavy atom. The van der Waals surface area contributed by atoms with E-state index in [4.69, 9.17) is 0 Å². The van der Waals surface area contributed by atoms with Crippen LogP contribution in [0.5, 0.6) is 0 Å². The molecule has 2 nitrogen and oxygen atoms in total. The molecule has 1 heterocycles. The number of carbonyl (C=O) groups is 1. The normalized spacial score (nSPS) is 26.6. The van der Waals surface area contributed by atoms with Gasteiger partial charge in [-0.1, -0.05) is 11.6 Å². The lowest BCUT2D eigenvalue weighted by atomic mass is 9.84. The van der Waals surface area contributed by atoms with Crippen molar-refractivity contribution in [3.05, 3.63) is 41.6 Å². The van der Waals surface area contributed by atoms with Crippen LogP contribution in [0.1, 0.15) is 25.0 Å². The van der Waals surface area contributed by atoms with E-state index >= 15 is 0 Å². The minimum absolute atomic E-state index is 0.142. The summed E-state index contributed by atoms with van der Waals surface area (Å²) in [6, 6.07) is 6.25. The van der Waals surface area contributed by atoms with E-state index in [1.165, 1.54) is 11.1 Å². The van der Waals surface area contributed by atoms with Crippen LogP contribution in [0.2, 0.25) is 0 Å². The fraction of sp³-hybridized carbons (Fsp3) is 0.357. The molecule has 1 aromatic rings. The van der Waals surface area contributed by atoms with Crippen LogP contribution in [0.15, 0.2) is 30.5 Å². The van der Waals surface area contributed by atoms with Crippen LogP contribution in [0.3, 0.4) is 0 Å². The Hall–Kier alpha value is -1.41. The molecule has 0 N–H and O–H groups in total. The third-order valence-electron chi connectivity index (χ3n) is 3.82. The van der Waals surface area contributed by atoms with E-state index in [0.717, 1.165) is 17.8 Å². The van der Waals surface area contributed by atoms with Gasteiger partial charge in [-0.2, -0.15) is 0 Å². The molecule has 1 aliphatic heterocycles. The average molecular weight is 216 g/mol. The minimum Gasteiger partial charge on any atom is -0.233 e. The second-order valence-corrected chi connectivity index (χ2v) is 5.27. The average Bonchev–Trinajstić information content (AvgIpc) is 2.39. The van der Waals surface area contributed by atoms with Gasteiger partial charge in [0.2, 0.25) is 0 Å². The molecule has 1 aliphatic rings. The number of allylic oxidation sites excluding steroid dienone is 1. The molecule has 0 saturated carbocycles.